The highest BCUT2D eigenvalue weighted by Crippen LogP contribution is 2.25. The molecule has 1 aliphatic carbocycles. The van der Waals surface area contributed by atoms with Gasteiger partial charge in [0.2, 0.25) is 0 Å². The number of hydrogen-bond donors (Lipinski definition) is 1. The van der Waals surface area contributed by atoms with Crippen molar-refractivity contribution in [3.8, 4) is 5.75 Å². The van der Waals surface area contributed by atoms with Gasteiger partial charge < -0.3 is 14.8 Å². The van der Waals surface area contributed by atoms with Gasteiger partial charge in [-0.25, -0.2) is 0 Å². The summed E-state index contributed by atoms with van der Waals surface area (Å²) in [5.41, 5.74) is 2.66. The van der Waals surface area contributed by atoms with Crippen LogP contribution in [-0.4, -0.2) is 43.2 Å². The minimum absolute atomic E-state index is 0.0950. The average Bonchev–Trinajstić information content (AvgIpc) is 3.24. The maximum absolute atomic E-state index is 12.5. The molecule has 1 N–H and O–H groups in total. The SMILES string of the molecule is O=C(Nc1ccc(OC2CCCC2)cc1)c1ccc(CN2CCOCC2)cc1. The van der Waals surface area contributed by atoms with E-state index in [2.05, 4.69) is 10.2 Å². The first-order valence-electron chi connectivity index (χ1n) is 10.2. The Morgan fingerprint density at radius 2 is 1.68 bits per heavy atom. The van der Waals surface area contributed by atoms with Crippen molar-refractivity contribution in [1.29, 1.82) is 0 Å². The summed E-state index contributed by atoms with van der Waals surface area (Å²) in [5.74, 6) is 0.778. The van der Waals surface area contributed by atoms with Gasteiger partial charge in [-0.2, -0.15) is 0 Å². The molecular weight excluding hydrogens is 352 g/mol. The predicted molar refractivity (Wildman–Crippen MR) is 110 cm³/mol. The van der Waals surface area contributed by atoms with Crippen LogP contribution in [0.25, 0.3) is 0 Å². The van der Waals surface area contributed by atoms with Gasteiger partial charge in [0.15, 0.2) is 0 Å². The van der Waals surface area contributed by atoms with Gasteiger partial charge in [0.25, 0.3) is 5.91 Å². The Balaban J connectivity index is 1.30. The molecule has 1 saturated heterocycles. The van der Waals surface area contributed by atoms with Crippen molar-refractivity contribution in [2.75, 3.05) is 31.6 Å². The second-order valence-electron chi connectivity index (χ2n) is 7.59. The number of carbonyl (C=O) groups excluding carboxylic acids is 1. The van der Waals surface area contributed by atoms with Gasteiger partial charge >= 0.3 is 0 Å². The van der Waals surface area contributed by atoms with Crippen molar-refractivity contribution in [2.45, 2.75) is 38.3 Å². The molecule has 1 aliphatic heterocycles. The Bertz CT molecular complexity index is 761. The van der Waals surface area contributed by atoms with E-state index < -0.39 is 0 Å². The number of rotatable bonds is 6. The van der Waals surface area contributed by atoms with E-state index in [1.807, 2.05) is 48.5 Å². The normalized spacial score (nSPS) is 18.1. The van der Waals surface area contributed by atoms with Gasteiger partial charge in [0.1, 0.15) is 5.75 Å². The molecule has 1 amide bonds. The highest BCUT2D eigenvalue weighted by atomic mass is 16.5. The summed E-state index contributed by atoms with van der Waals surface area (Å²) in [6, 6.07) is 15.5. The summed E-state index contributed by atoms with van der Waals surface area (Å²) in [6.07, 6.45) is 5.13. The lowest BCUT2D eigenvalue weighted by Crippen LogP contribution is -2.35. The number of ether oxygens (including phenoxy) is 2. The molecule has 0 unspecified atom stereocenters. The van der Waals surface area contributed by atoms with E-state index in [0.29, 0.717) is 11.7 Å². The van der Waals surface area contributed by atoms with E-state index in [-0.39, 0.29) is 5.91 Å². The average molecular weight is 380 g/mol. The van der Waals surface area contributed by atoms with Crippen molar-refractivity contribution >= 4 is 11.6 Å². The smallest absolute Gasteiger partial charge is 0.255 e. The highest BCUT2D eigenvalue weighted by molar-refractivity contribution is 6.04. The van der Waals surface area contributed by atoms with Crippen molar-refractivity contribution in [1.82, 2.24) is 4.90 Å². The molecule has 4 rings (SSSR count). The van der Waals surface area contributed by atoms with Crippen LogP contribution in [0.2, 0.25) is 0 Å². The molecule has 5 heteroatoms. The van der Waals surface area contributed by atoms with Crippen LogP contribution in [-0.2, 0) is 11.3 Å². The van der Waals surface area contributed by atoms with Crippen LogP contribution < -0.4 is 10.1 Å². The zero-order chi connectivity index (χ0) is 19.2. The van der Waals surface area contributed by atoms with Crippen LogP contribution >= 0.6 is 0 Å². The number of nitrogens with zero attached hydrogens (tertiary/aromatic N) is 1. The second kappa shape index (κ2) is 9.22. The molecule has 28 heavy (non-hydrogen) atoms. The minimum atomic E-state index is -0.0950. The molecule has 2 aliphatic rings. The first-order chi connectivity index (χ1) is 13.8. The summed E-state index contributed by atoms with van der Waals surface area (Å²) < 4.78 is 11.4. The largest absolute Gasteiger partial charge is 0.490 e. The zero-order valence-corrected chi connectivity index (χ0v) is 16.2. The molecule has 2 aromatic carbocycles. The van der Waals surface area contributed by atoms with Gasteiger partial charge in [0, 0.05) is 30.9 Å². The third-order valence-corrected chi connectivity index (χ3v) is 5.44. The van der Waals surface area contributed by atoms with Crippen LogP contribution in [0, 0.1) is 0 Å². The third-order valence-electron chi connectivity index (χ3n) is 5.44. The molecule has 5 nitrogen and oxygen atoms in total. The van der Waals surface area contributed by atoms with Gasteiger partial charge in [-0.3, -0.25) is 9.69 Å². The number of morpholine rings is 1. The standard InChI is InChI=1S/C23H28N2O3/c26-23(19-7-5-18(6-8-19)17-25-13-15-27-16-14-25)24-20-9-11-22(12-10-20)28-21-3-1-2-4-21/h5-12,21H,1-4,13-17H2,(H,24,26). The van der Waals surface area contributed by atoms with Crippen LogP contribution in [0.3, 0.4) is 0 Å². The minimum Gasteiger partial charge on any atom is -0.490 e. The Morgan fingerprint density at radius 1 is 1.00 bits per heavy atom. The van der Waals surface area contributed by atoms with Crippen LogP contribution in [0.15, 0.2) is 48.5 Å². The molecule has 0 bridgehead atoms. The molecule has 0 radical (unpaired) electrons. The summed E-state index contributed by atoms with van der Waals surface area (Å²) >= 11 is 0. The van der Waals surface area contributed by atoms with Crippen molar-refractivity contribution in [3.05, 3.63) is 59.7 Å². The third kappa shape index (κ3) is 5.12. The van der Waals surface area contributed by atoms with E-state index in [9.17, 15) is 4.79 Å². The van der Waals surface area contributed by atoms with Crippen molar-refractivity contribution in [2.24, 2.45) is 0 Å². The molecular formula is C23H28N2O3. The monoisotopic (exact) mass is 380 g/mol. The molecule has 1 saturated carbocycles. The maximum Gasteiger partial charge on any atom is 0.255 e. The number of benzene rings is 2. The number of hydrogen-bond acceptors (Lipinski definition) is 4. The van der Waals surface area contributed by atoms with Crippen LogP contribution in [0.5, 0.6) is 5.75 Å². The molecule has 1 heterocycles. The fourth-order valence-corrected chi connectivity index (χ4v) is 3.80. The number of anilines is 1. The second-order valence-corrected chi connectivity index (χ2v) is 7.59. The summed E-state index contributed by atoms with van der Waals surface area (Å²) in [6.45, 7) is 4.41. The van der Waals surface area contributed by atoms with E-state index in [4.69, 9.17) is 9.47 Å². The van der Waals surface area contributed by atoms with Crippen molar-refractivity contribution < 1.29 is 14.3 Å². The van der Waals surface area contributed by atoms with Crippen LogP contribution in [0.4, 0.5) is 5.69 Å². The molecule has 2 fully saturated rings. The topological polar surface area (TPSA) is 50.8 Å². The van der Waals surface area contributed by atoms with Crippen LogP contribution in [0.1, 0.15) is 41.6 Å². The van der Waals surface area contributed by atoms with Crippen molar-refractivity contribution in [3.63, 3.8) is 0 Å². The van der Waals surface area contributed by atoms with Gasteiger partial charge in [-0.15, -0.1) is 0 Å². The van der Waals surface area contributed by atoms with E-state index in [1.165, 1.54) is 18.4 Å². The van der Waals surface area contributed by atoms with E-state index >= 15 is 0 Å². The van der Waals surface area contributed by atoms with E-state index in [1.54, 1.807) is 0 Å². The van der Waals surface area contributed by atoms with Gasteiger partial charge in [0.05, 0.1) is 19.3 Å². The summed E-state index contributed by atoms with van der Waals surface area (Å²) in [7, 11) is 0. The van der Waals surface area contributed by atoms with Gasteiger partial charge in [-0.1, -0.05) is 12.1 Å². The Morgan fingerprint density at radius 3 is 2.36 bits per heavy atom. The quantitative estimate of drug-likeness (QED) is 0.820. The first kappa shape index (κ1) is 19.0. The van der Waals surface area contributed by atoms with E-state index in [0.717, 1.165) is 57.1 Å². The molecule has 0 spiro atoms. The lowest BCUT2D eigenvalue weighted by molar-refractivity contribution is 0.0342. The Hall–Kier alpha value is -2.37. The lowest BCUT2D eigenvalue weighted by atomic mass is 10.1. The zero-order valence-electron chi connectivity index (χ0n) is 16.2. The fourth-order valence-electron chi connectivity index (χ4n) is 3.80. The lowest BCUT2D eigenvalue weighted by Gasteiger charge is -2.26. The molecule has 148 valence electrons. The fraction of sp³-hybridized carbons (Fsp3) is 0.435. The first-order valence-corrected chi connectivity index (χ1v) is 10.2. The number of amides is 1. The molecule has 0 atom stereocenters. The Labute approximate surface area is 166 Å². The maximum atomic E-state index is 12.5. The molecule has 2 aromatic rings. The predicted octanol–water partition coefficient (Wildman–Crippen LogP) is 4.09. The number of carbonyl (C=O) groups is 1. The highest BCUT2D eigenvalue weighted by Gasteiger charge is 2.16. The van der Waals surface area contributed by atoms with Gasteiger partial charge in [-0.05, 0) is 67.6 Å². The summed E-state index contributed by atoms with van der Waals surface area (Å²) in [5, 5.41) is 2.96. The Kier molecular flexibility index (Phi) is 6.24. The summed E-state index contributed by atoms with van der Waals surface area (Å²) in [4.78, 5) is 14.9. The number of nitrogens with one attached hydrogen (secondary N) is 1. The molecule has 0 aromatic heterocycles.